The summed E-state index contributed by atoms with van der Waals surface area (Å²) in [6.07, 6.45) is 0.0612. The molecule has 1 fully saturated rings. The molecule has 2 rings (SSSR count). The smallest absolute Gasteiger partial charge is 0.243 e. The summed E-state index contributed by atoms with van der Waals surface area (Å²) in [6, 6.07) is 6.75. The van der Waals surface area contributed by atoms with Crippen molar-refractivity contribution in [1.82, 2.24) is 4.31 Å². The molecule has 0 aliphatic carbocycles. The monoisotopic (exact) mass is 343 g/mol. The molecule has 0 unspecified atom stereocenters. The normalized spacial score (nSPS) is 21.0. The summed E-state index contributed by atoms with van der Waals surface area (Å²) >= 11 is 0. The Bertz CT molecular complexity index is 612. The molecule has 1 atom stereocenters. The van der Waals surface area contributed by atoms with E-state index in [1.54, 1.807) is 38.1 Å². The molecule has 0 radical (unpaired) electrons. The average molecular weight is 343 g/mol. The maximum absolute atomic E-state index is 12.8. The van der Waals surface area contributed by atoms with Crippen LogP contribution in [0, 0.1) is 6.92 Å². The van der Waals surface area contributed by atoms with Crippen LogP contribution in [0.2, 0.25) is 0 Å². The van der Waals surface area contributed by atoms with Crippen molar-refractivity contribution >= 4 is 10.0 Å². The van der Waals surface area contributed by atoms with Crippen molar-refractivity contribution in [2.24, 2.45) is 0 Å². The fraction of sp³-hybridized carbons (Fsp3) is 0.625. The minimum Gasteiger partial charge on any atom is -0.396 e. The predicted octanol–water partition coefficient (Wildman–Crippen LogP) is 1.52. The molecule has 1 aromatic rings. The van der Waals surface area contributed by atoms with Crippen molar-refractivity contribution in [3.8, 4) is 0 Å². The van der Waals surface area contributed by atoms with E-state index in [0.29, 0.717) is 13.0 Å². The van der Waals surface area contributed by atoms with Gasteiger partial charge in [0.15, 0.2) is 5.79 Å². The van der Waals surface area contributed by atoms with E-state index in [0.717, 1.165) is 5.56 Å². The van der Waals surface area contributed by atoms with Crippen LogP contribution in [0.1, 0.15) is 25.8 Å². The van der Waals surface area contributed by atoms with E-state index in [4.69, 9.17) is 14.6 Å². The quantitative estimate of drug-likeness (QED) is 0.812. The number of nitrogens with zero attached hydrogens (tertiary/aromatic N) is 1. The van der Waals surface area contributed by atoms with Gasteiger partial charge < -0.3 is 14.6 Å². The minimum absolute atomic E-state index is 0.0621. The van der Waals surface area contributed by atoms with Gasteiger partial charge in [-0.15, -0.1) is 0 Å². The molecule has 0 amide bonds. The van der Waals surface area contributed by atoms with Crippen LogP contribution in [-0.4, -0.2) is 56.0 Å². The molecule has 1 N–H and O–H groups in total. The third-order valence-electron chi connectivity index (χ3n) is 3.70. The van der Waals surface area contributed by atoms with Gasteiger partial charge in [-0.05, 0) is 39.3 Å². The van der Waals surface area contributed by atoms with Gasteiger partial charge >= 0.3 is 0 Å². The topological polar surface area (TPSA) is 76.1 Å². The number of hydrogen-bond donors (Lipinski definition) is 1. The maximum Gasteiger partial charge on any atom is 0.243 e. The summed E-state index contributed by atoms with van der Waals surface area (Å²) in [7, 11) is -3.63. The fourth-order valence-electron chi connectivity index (χ4n) is 2.50. The zero-order valence-corrected chi connectivity index (χ0v) is 14.7. The third kappa shape index (κ3) is 4.74. The van der Waals surface area contributed by atoms with Gasteiger partial charge in [-0.3, -0.25) is 0 Å². The molecule has 0 spiro atoms. The van der Waals surface area contributed by atoms with Crippen molar-refractivity contribution in [3.63, 3.8) is 0 Å². The Balaban J connectivity index is 2.18. The lowest BCUT2D eigenvalue weighted by Gasteiger charge is -2.25. The third-order valence-corrected chi connectivity index (χ3v) is 5.58. The molecule has 130 valence electrons. The molecular weight excluding hydrogens is 318 g/mol. The Hall–Kier alpha value is -0.990. The molecule has 0 bridgehead atoms. The maximum atomic E-state index is 12.8. The standard InChI is InChI=1S/C16H25NO5S/c1-13-5-7-15(8-6-13)23(19,20)17(9-4-10-18)11-14-12-21-16(2,3)22-14/h5-8,14,18H,4,9-12H2,1-3H3/t14-/m0/s1. The number of sulfonamides is 1. The molecule has 1 aromatic carbocycles. The second-order valence-electron chi connectivity index (χ2n) is 6.20. The highest BCUT2D eigenvalue weighted by Gasteiger charge is 2.36. The van der Waals surface area contributed by atoms with Crippen LogP contribution < -0.4 is 0 Å². The SMILES string of the molecule is Cc1ccc(S(=O)(=O)N(CCCO)C[C@H]2COC(C)(C)O2)cc1. The molecular formula is C16H25NO5S. The van der Waals surface area contributed by atoms with E-state index in [9.17, 15) is 8.42 Å². The van der Waals surface area contributed by atoms with Gasteiger partial charge in [0.1, 0.15) is 0 Å². The average Bonchev–Trinajstić information content (AvgIpc) is 2.83. The first-order valence-electron chi connectivity index (χ1n) is 7.74. The van der Waals surface area contributed by atoms with Gasteiger partial charge in [-0.25, -0.2) is 8.42 Å². The number of hydrogen-bond acceptors (Lipinski definition) is 5. The predicted molar refractivity (Wildman–Crippen MR) is 86.5 cm³/mol. The van der Waals surface area contributed by atoms with Gasteiger partial charge in [0, 0.05) is 19.7 Å². The van der Waals surface area contributed by atoms with E-state index in [1.165, 1.54) is 4.31 Å². The zero-order valence-electron chi connectivity index (χ0n) is 13.9. The molecule has 1 heterocycles. The van der Waals surface area contributed by atoms with Gasteiger partial charge in [-0.1, -0.05) is 17.7 Å². The van der Waals surface area contributed by atoms with Crippen LogP contribution in [0.15, 0.2) is 29.2 Å². The number of aryl methyl sites for hydroxylation is 1. The summed E-state index contributed by atoms with van der Waals surface area (Å²) in [6.45, 7) is 6.26. The van der Waals surface area contributed by atoms with Crippen LogP contribution in [0.5, 0.6) is 0 Å². The molecule has 0 aromatic heterocycles. The number of ether oxygens (including phenoxy) is 2. The van der Waals surface area contributed by atoms with Gasteiger partial charge in [0.05, 0.1) is 17.6 Å². The van der Waals surface area contributed by atoms with Crippen molar-refractivity contribution in [1.29, 1.82) is 0 Å². The molecule has 6 nitrogen and oxygen atoms in total. The minimum atomic E-state index is -3.63. The van der Waals surface area contributed by atoms with Crippen molar-refractivity contribution in [2.75, 3.05) is 26.3 Å². The first kappa shape index (κ1) is 18.4. The van der Waals surface area contributed by atoms with Crippen LogP contribution in [0.25, 0.3) is 0 Å². The second-order valence-corrected chi connectivity index (χ2v) is 8.14. The van der Waals surface area contributed by atoms with Gasteiger partial charge in [0.25, 0.3) is 0 Å². The summed E-state index contributed by atoms with van der Waals surface area (Å²) in [5.41, 5.74) is 1.00. The highest BCUT2D eigenvalue weighted by molar-refractivity contribution is 7.89. The number of benzene rings is 1. The lowest BCUT2D eigenvalue weighted by molar-refractivity contribution is -0.139. The van der Waals surface area contributed by atoms with Crippen molar-refractivity contribution in [3.05, 3.63) is 29.8 Å². The highest BCUT2D eigenvalue weighted by atomic mass is 32.2. The second kappa shape index (κ2) is 7.27. The van der Waals surface area contributed by atoms with Crippen LogP contribution in [-0.2, 0) is 19.5 Å². The van der Waals surface area contributed by atoms with Crippen LogP contribution in [0.3, 0.4) is 0 Å². The Labute approximate surface area is 138 Å². The molecule has 1 aliphatic rings. The lowest BCUT2D eigenvalue weighted by atomic mass is 10.2. The van der Waals surface area contributed by atoms with E-state index in [-0.39, 0.29) is 30.7 Å². The van der Waals surface area contributed by atoms with Gasteiger partial charge in [0.2, 0.25) is 10.0 Å². The number of rotatable bonds is 7. The van der Waals surface area contributed by atoms with E-state index in [2.05, 4.69) is 0 Å². The van der Waals surface area contributed by atoms with E-state index in [1.807, 2.05) is 6.92 Å². The van der Waals surface area contributed by atoms with E-state index >= 15 is 0 Å². The van der Waals surface area contributed by atoms with Crippen molar-refractivity contribution < 1.29 is 23.0 Å². The number of aliphatic hydroxyl groups is 1. The molecule has 1 saturated heterocycles. The Kier molecular flexibility index (Phi) is 5.80. The first-order chi connectivity index (χ1) is 10.7. The summed E-state index contributed by atoms with van der Waals surface area (Å²) in [4.78, 5) is 0.249. The molecule has 23 heavy (non-hydrogen) atoms. The Morgan fingerprint density at radius 3 is 2.48 bits per heavy atom. The summed E-state index contributed by atoms with van der Waals surface area (Å²) < 4.78 is 38.3. The largest absolute Gasteiger partial charge is 0.396 e. The first-order valence-corrected chi connectivity index (χ1v) is 9.18. The Morgan fingerprint density at radius 2 is 1.96 bits per heavy atom. The molecule has 1 aliphatic heterocycles. The van der Waals surface area contributed by atoms with Crippen molar-refractivity contribution in [2.45, 2.75) is 44.0 Å². The summed E-state index contributed by atoms with van der Waals surface area (Å²) in [5.74, 6) is -0.694. The number of aliphatic hydroxyl groups excluding tert-OH is 1. The molecule has 0 saturated carbocycles. The van der Waals surface area contributed by atoms with Crippen LogP contribution in [0.4, 0.5) is 0 Å². The highest BCUT2D eigenvalue weighted by Crippen LogP contribution is 2.25. The van der Waals surface area contributed by atoms with Gasteiger partial charge in [-0.2, -0.15) is 4.31 Å². The molecule has 7 heteroatoms. The Morgan fingerprint density at radius 1 is 1.30 bits per heavy atom. The summed E-state index contributed by atoms with van der Waals surface area (Å²) in [5, 5.41) is 9.05. The lowest BCUT2D eigenvalue weighted by Crippen LogP contribution is -2.40. The van der Waals surface area contributed by atoms with Crippen LogP contribution >= 0.6 is 0 Å². The zero-order chi connectivity index (χ0) is 17.1. The fourth-order valence-corrected chi connectivity index (χ4v) is 4.01. The van der Waals surface area contributed by atoms with E-state index < -0.39 is 15.8 Å².